The average Bonchev–Trinajstić information content (AvgIpc) is 2.49. The fourth-order valence-electron chi connectivity index (χ4n) is 1.67. The molecule has 0 aromatic carbocycles. The molecule has 0 bridgehead atoms. The molecule has 1 aliphatic heterocycles. The van der Waals surface area contributed by atoms with Crippen molar-refractivity contribution in [1.82, 2.24) is 5.32 Å². The molecule has 1 N–H and O–H groups in total. The summed E-state index contributed by atoms with van der Waals surface area (Å²) in [6.45, 7) is 4.33. The highest BCUT2D eigenvalue weighted by molar-refractivity contribution is 5.86. The average molecular weight is 162 g/mol. The first-order chi connectivity index (χ1) is 5.81. The van der Waals surface area contributed by atoms with Gasteiger partial charge in [-0.25, -0.2) is 0 Å². The van der Waals surface area contributed by atoms with E-state index in [4.69, 9.17) is 0 Å². The van der Waals surface area contributed by atoms with Gasteiger partial charge >= 0.3 is 0 Å². The lowest BCUT2D eigenvalue weighted by molar-refractivity contribution is 0.605. The molecule has 1 aliphatic carbocycles. The molecule has 0 aromatic rings. The number of rotatable bonds is 1. The van der Waals surface area contributed by atoms with Crippen molar-refractivity contribution in [3.63, 3.8) is 0 Å². The van der Waals surface area contributed by atoms with E-state index >= 15 is 0 Å². The number of hydrogen-bond donors (Lipinski definition) is 1. The van der Waals surface area contributed by atoms with Crippen LogP contribution in [0.4, 0.5) is 0 Å². The summed E-state index contributed by atoms with van der Waals surface area (Å²) in [5.74, 6) is 1.67. The Bertz CT molecular complexity index is 274. The Hall–Kier alpha value is -1.05. The highest BCUT2D eigenvalue weighted by Crippen LogP contribution is 2.24. The topological polar surface area (TPSA) is 24.4 Å². The van der Waals surface area contributed by atoms with Crippen LogP contribution in [0.3, 0.4) is 0 Å². The quantitative estimate of drug-likeness (QED) is 0.625. The Kier molecular flexibility index (Phi) is 1.75. The van der Waals surface area contributed by atoms with Crippen molar-refractivity contribution < 1.29 is 0 Å². The fourth-order valence-corrected chi connectivity index (χ4v) is 1.67. The predicted molar refractivity (Wildman–Crippen MR) is 51.0 cm³/mol. The maximum Gasteiger partial charge on any atom is 0.101 e. The zero-order valence-electron chi connectivity index (χ0n) is 7.54. The largest absolute Gasteiger partial charge is 0.346 e. The number of fused-ring (bicyclic) bond motifs is 1. The molecule has 0 aromatic heterocycles. The first-order valence-electron chi connectivity index (χ1n) is 4.53. The summed E-state index contributed by atoms with van der Waals surface area (Å²) in [5, 5.41) is 3.33. The van der Waals surface area contributed by atoms with Crippen LogP contribution in [0.2, 0.25) is 0 Å². The second kappa shape index (κ2) is 2.77. The van der Waals surface area contributed by atoms with E-state index in [1.807, 2.05) is 0 Å². The van der Waals surface area contributed by atoms with Crippen LogP contribution in [0.1, 0.15) is 20.3 Å². The Morgan fingerprint density at radius 1 is 1.58 bits per heavy atom. The Morgan fingerprint density at radius 2 is 2.42 bits per heavy atom. The summed E-state index contributed by atoms with van der Waals surface area (Å²) < 4.78 is 0. The van der Waals surface area contributed by atoms with E-state index in [-0.39, 0.29) is 0 Å². The Balaban J connectivity index is 2.24. The zero-order valence-corrected chi connectivity index (χ0v) is 7.54. The lowest BCUT2D eigenvalue weighted by Gasteiger charge is -2.17. The van der Waals surface area contributed by atoms with Gasteiger partial charge in [0.2, 0.25) is 0 Å². The van der Waals surface area contributed by atoms with Gasteiger partial charge in [-0.1, -0.05) is 26.0 Å². The minimum absolute atomic E-state index is 0.366. The van der Waals surface area contributed by atoms with E-state index in [9.17, 15) is 0 Å². The summed E-state index contributed by atoms with van der Waals surface area (Å²) in [6, 6.07) is 0.366. The van der Waals surface area contributed by atoms with Gasteiger partial charge in [-0.2, -0.15) is 0 Å². The normalized spacial score (nSPS) is 32.2. The van der Waals surface area contributed by atoms with Gasteiger partial charge in [0.05, 0.1) is 6.04 Å². The van der Waals surface area contributed by atoms with Crippen molar-refractivity contribution in [2.75, 3.05) is 0 Å². The van der Waals surface area contributed by atoms with Gasteiger partial charge in [-0.15, -0.1) is 0 Å². The molecule has 0 fully saturated rings. The molecule has 1 heterocycles. The molecule has 12 heavy (non-hydrogen) atoms. The van der Waals surface area contributed by atoms with E-state index in [2.05, 4.69) is 42.4 Å². The third kappa shape index (κ3) is 1.07. The zero-order chi connectivity index (χ0) is 8.55. The molecule has 0 spiro atoms. The van der Waals surface area contributed by atoms with E-state index in [0.717, 1.165) is 12.3 Å². The van der Waals surface area contributed by atoms with E-state index in [0.29, 0.717) is 12.0 Å². The van der Waals surface area contributed by atoms with E-state index in [1.54, 1.807) is 0 Å². The molecule has 2 nitrogen and oxygen atoms in total. The summed E-state index contributed by atoms with van der Waals surface area (Å²) >= 11 is 0. The van der Waals surface area contributed by atoms with Gasteiger partial charge < -0.3 is 5.32 Å². The van der Waals surface area contributed by atoms with Gasteiger partial charge in [0.15, 0.2) is 0 Å². The summed E-state index contributed by atoms with van der Waals surface area (Å²) in [7, 11) is 0. The maximum absolute atomic E-state index is 4.60. The van der Waals surface area contributed by atoms with Gasteiger partial charge in [0, 0.05) is 18.0 Å². The second-order valence-corrected chi connectivity index (χ2v) is 3.37. The molecule has 2 rings (SSSR count). The summed E-state index contributed by atoms with van der Waals surface area (Å²) in [4.78, 5) is 4.60. The molecule has 2 unspecified atom stereocenters. The monoisotopic (exact) mass is 162 g/mol. The molecule has 2 heteroatoms. The Labute approximate surface area is 73.1 Å². The number of nitrogens with one attached hydrogen (secondary N) is 1. The van der Waals surface area contributed by atoms with Crippen molar-refractivity contribution in [1.29, 1.82) is 0 Å². The summed E-state index contributed by atoms with van der Waals surface area (Å²) in [5.41, 5.74) is 1.27. The third-order valence-electron chi connectivity index (χ3n) is 2.43. The van der Waals surface area contributed by atoms with Crippen molar-refractivity contribution in [3.8, 4) is 0 Å². The van der Waals surface area contributed by atoms with Crippen molar-refractivity contribution >= 4 is 5.84 Å². The number of nitrogens with zero attached hydrogens (tertiary/aromatic N) is 1. The number of aliphatic imine (C=N–C) groups is 1. The van der Waals surface area contributed by atoms with Gasteiger partial charge in [0.1, 0.15) is 5.84 Å². The molecule has 0 saturated carbocycles. The van der Waals surface area contributed by atoms with Crippen LogP contribution in [0.15, 0.2) is 28.9 Å². The number of allylic oxidation sites excluding steroid dienone is 2. The van der Waals surface area contributed by atoms with Crippen LogP contribution in [-0.4, -0.2) is 11.9 Å². The molecule has 0 saturated heterocycles. The molecule has 2 aliphatic rings. The standard InChI is InChI=1S/C10H14N2/c1-3-9-11-8-6-4-5-7(2)10(8)12-9/h4-7,10H,3H2,1-2H3,(H,11,12). The van der Waals surface area contributed by atoms with Crippen LogP contribution in [0.5, 0.6) is 0 Å². The van der Waals surface area contributed by atoms with Crippen LogP contribution >= 0.6 is 0 Å². The van der Waals surface area contributed by atoms with Gasteiger partial charge in [-0.05, 0) is 6.08 Å². The maximum atomic E-state index is 4.60. The molecular formula is C10H14N2. The van der Waals surface area contributed by atoms with E-state index < -0.39 is 0 Å². The van der Waals surface area contributed by atoms with Crippen molar-refractivity contribution in [2.24, 2.45) is 10.9 Å². The lowest BCUT2D eigenvalue weighted by atomic mass is 9.95. The predicted octanol–water partition coefficient (Wildman–Crippen LogP) is 1.86. The van der Waals surface area contributed by atoms with Crippen molar-refractivity contribution in [2.45, 2.75) is 26.3 Å². The smallest absolute Gasteiger partial charge is 0.101 e. The third-order valence-corrected chi connectivity index (χ3v) is 2.43. The van der Waals surface area contributed by atoms with Crippen molar-refractivity contribution in [3.05, 3.63) is 23.9 Å². The van der Waals surface area contributed by atoms with Crippen LogP contribution in [0.25, 0.3) is 0 Å². The van der Waals surface area contributed by atoms with E-state index in [1.165, 1.54) is 5.70 Å². The molecule has 0 radical (unpaired) electrons. The minimum atomic E-state index is 0.366. The highest BCUT2D eigenvalue weighted by Gasteiger charge is 2.26. The van der Waals surface area contributed by atoms with Gasteiger partial charge in [0.25, 0.3) is 0 Å². The highest BCUT2D eigenvalue weighted by atomic mass is 15.1. The second-order valence-electron chi connectivity index (χ2n) is 3.37. The van der Waals surface area contributed by atoms with Crippen LogP contribution in [-0.2, 0) is 0 Å². The molecular weight excluding hydrogens is 148 g/mol. The first kappa shape index (κ1) is 7.59. The first-order valence-corrected chi connectivity index (χ1v) is 4.53. The molecule has 0 amide bonds. The lowest BCUT2D eigenvalue weighted by Crippen LogP contribution is -2.22. The number of amidine groups is 1. The minimum Gasteiger partial charge on any atom is -0.346 e. The SMILES string of the molecule is CCC1=NC2C(=CC=CC2C)N1. The Morgan fingerprint density at radius 3 is 3.08 bits per heavy atom. The van der Waals surface area contributed by atoms with Crippen LogP contribution < -0.4 is 5.32 Å². The number of hydrogen-bond acceptors (Lipinski definition) is 2. The van der Waals surface area contributed by atoms with Gasteiger partial charge in [-0.3, -0.25) is 4.99 Å². The summed E-state index contributed by atoms with van der Waals surface area (Å²) in [6.07, 6.45) is 7.44. The molecule has 64 valence electrons. The van der Waals surface area contributed by atoms with Crippen LogP contribution in [0, 0.1) is 5.92 Å². The fraction of sp³-hybridized carbons (Fsp3) is 0.500. The molecule has 2 atom stereocenters.